The lowest BCUT2D eigenvalue weighted by Crippen LogP contribution is -2.41. The van der Waals surface area contributed by atoms with Crippen LogP contribution in [0.15, 0.2) is 36.9 Å². The number of ether oxygens (including phenoxy) is 1. The van der Waals surface area contributed by atoms with Crippen LogP contribution in [0.25, 0.3) is 0 Å². The van der Waals surface area contributed by atoms with Crippen molar-refractivity contribution in [3.63, 3.8) is 0 Å². The van der Waals surface area contributed by atoms with Crippen LogP contribution < -0.4 is 10.6 Å². The van der Waals surface area contributed by atoms with Crippen molar-refractivity contribution in [3.05, 3.63) is 42.5 Å². The standard InChI is InChI=1S/C17H22N2O4/c1-4-5-6-7-15(17(22)23-3)19-16(21)13-8-10-14(11-9-13)18-12(2)20/h4,8-11,15H,1,5-7H2,2-3H3,(H,18,20)(H,19,21)/t15-/m0/s1. The number of methoxy groups -OCH3 is 1. The summed E-state index contributed by atoms with van der Waals surface area (Å²) in [6.45, 7) is 5.03. The molecule has 1 aromatic carbocycles. The van der Waals surface area contributed by atoms with Gasteiger partial charge in [0.15, 0.2) is 0 Å². The summed E-state index contributed by atoms with van der Waals surface area (Å²) in [5.41, 5.74) is 1.00. The minimum Gasteiger partial charge on any atom is -0.467 e. The van der Waals surface area contributed by atoms with Crippen LogP contribution in [0.3, 0.4) is 0 Å². The predicted molar refractivity (Wildman–Crippen MR) is 88.1 cm³/mol. The van der Waals surface area contributed by atoms with Gasteiger partial charge in [0, 0.05) is 18.2 Å². The molecular formula is C17H22N2O4. The van der Waals surface area contributed by atoms with Gasteiger partial charge in [-0.25, -0.2) is 4.79 Å². The Morgan fingerprint density at radius 2 is 1.91 bits per heavy atom. The number of carbonyl (C=O) groups excluding carboxylic acids is 3. The van der Waals surface area contributed by atoms with Gasteiger partial charge in [-0.3, -0.25) is 9.59 Å². The fraction of sp³-hybridized carbons (Fsp3) is 0.353. The average Bonchev–Trinajstić information content (AvgIpc) is 2.53. The van der Waals surface area contributed by atoms with Crippen LogP contribution in [-0.4, -0.2) is 30.9 Å². The van der Waals surface area contributed by atoms with E-state index in [9.17, 15) is 14.4 Å². The molecular weight excluding hydrogens is 296 g/mol. The molecule has 0 fully saturated rings. The van der Waals surface area contributed by atoms with E-state index in [0.717, 1.165) is 12.8 Å². The summed E-state index contributed by atoms with van der Waals surface area (Å²) in [7, 11) is 1.29. The summed E-state index contributed by atoms with van der Waals surface area (Å²) in [6.07, 6.45) is 3.73. The zero-order valence-electron chi connectivity index (χ0n) is 13.4. The van der Waals surface area contributed by atoms with Gasteiger partial charge in [0.2, 0.25) is 5.91 Å². The van der Waals surface area contributed by atoms with Crippen LogP contribution in [0, 0.1) is 0 Å². The van der Waals surface area contributed by atoms with E-state index in [1.807, 2.05) is 0 Å². The van der Waals surface area contributed by atoms with E-state index in [1.54, 1.807) is 30.3 Å². The molecule has 0 saturated carbocycles. The molecule has 0 bridgehead atoms. The molecule has 6 heteroatoms. The fourth-order valence-corrected chi connectivity index (χ4v) is 2.01. The van der Waals surface area contributed by atoms with Crippen molar-refractivity contribution in [1.82, 2.24) is 5.32 Å². The molecule has 0 spiro atoms. The van der Waals surface area contributed by atoms with Gasteiger partial charge in [-0.1, -0.05) is 6.08 Å². The van der Waals surface area contributed by atoms with E-state index in [1.165, 1.54) is 14.0 Å². The van der Waals surface area contributed by atoms with Gasteiger partial charge in [0.25, 0.3) is 5.91 Å². The lowest BCUT2D eigenvalue weighted by molar-refractivity contribution is -0.143. The topological polar surface area (TPSA) is 84.5 Å². The maximum absolute atomic E-state index is 12.2. The van der Waals surface area contributed by atoms with E-state index in [4.69, 9.17) is 4.74 Å². The van der Waals surface area contributed by atoms with Crippen molar-refractivity contribution in [2.24, 2.45) is 0 Å². The van der Waals surface area contributed by atoms with Crippen LogP contribution in [0.2, 0.25) is 0 Å². The minimum atomic E-state index is -0.692. The number of nitrogens with one attached hydrogen (secondary N) is 2. The number of hydrogen-bond acceptors (Lipinski definition) is 4. The third-order valence-electron chi connectivity index (χ3n) is 3.16. The number of allylic oxidation sites excluding steroid dienone is 1. The smallest absolute Gasteiger partial charge is 0.328 e. The average molecular weight is 318 g/mol. The Labute approximate surface area is 135 Å². The fourth-order valence-electron chi connectivity index (χ4n) is 2.01. The number of amides is 2. The molecule has 1 rings (SSSR count). The first kappa shape index (κ1) is 18.4. The molecule has 0 aliphatic heterocycles. The molecule has 0 saturated heterocycles. The number of benzene rings is 1. The molecule has 2 amide bonds. The van der Waals surface area contributed by atoms with Crippen molar-refractivity contribution in [3.8, 4) is 0 Å². The molecule has 6 nitrogen and oxygen atoms in total. The first-order chi connectivity index (χ1) is 11.0. The van der Waals surface area contributed by atoms with Crippen molar-refractivity contribution in [2.75, 3.05) is 12.4 Å². The monoisotopic (exact) mass is 318 g/mol. The van der Waals surface area contributed by atoms with E-state index in [-0.39, 0.29) is 11.8 Å². The van der Waals surface area contributed by atoms with Crippen LogP contribution in [0.1, 0.15) is 36.5 Å². The Bertz CT molecular complexity index is 566. The third kappa shape index (κ3) is 6.34. The van der Waals surface area contributed by atoms with Gasteiger partial charge in [0.1, 0.15) is 6.04 Å². The zero-order chi connectivity index (χ0) is 17.2. The second kappa shape index (κ2) is 9.40. The van der Waals surface area contributed by atoms with Crippen LogP contribution in [-0.2, 0) is 14.3 Å². The van der Waals surface area contributed by atoms with Gasteiger partial charge in [-0.15, -0.1) is 6.58 Å². The van der Waals surface area contributed by atoms with Gasteiger partial charge >= 0.3 is 5.97 Å². The van der Waals surface area contributed by atoms with Crippen molar-refractivity contribution in [2.45, 2.75) is 32.2 Å². The Balaban J connectivity index is 2.71. The van der Waals surface area contributed by atoms with E-state index in [2.05, 4.69) is 17.2 Å². The second-order valence-electron chi connectivity index (χ2n) is 5.03. The lowest BCUT2D eigenvalue weighted by atomic mass is 10.1. The molecule has 0 radical (unpaired) electrons. The molecule has 0 unspecified atom stereocenters. The summed E-state index contributed by atoms with van der Waals surface area (Å²) in [6, 6.07) is 5.72. The summed E-state index contributed by atoms with van der Waals surface area (Å²) >= 11 is 0. The Morgan fingerprint density at radius 1 is 1.26 bits per heavy atom. The van der Waals surface area contributed by atoms with Crippen molar-refractivity contribution in [1.29, 1.82) is 0 Å². The number of rotatable bonds is 8. The maximum Gasteiger partial charge on any atom is 0.328 e. The molecule has 0 aliphatic rings. The highest BCUT2D eigenvalue weighted by Crippen LogP contribution is 2.11. The molecule has 0 heterocycles. The van der Waals surface area contributed by atoms with Crippen molar-refractivity contribution < 1.29 is 19.1 Å². The number of unbranched alkanes of at least 4 members (excludes halogenated alkanes) is 1. The van der Waals surface area contributed by atoms with Gasteiger partial charge in [0.05, 0.1) is 7.11 Å². The van der Waals surface area contributed by atoms with Crippen LogP contribution in [0.4, 0.5) is 5.69 Å². The highest BCUT2D eigenvalue weighted by atomic mass is 16.5. The number of esters is 1. The minimum absolute atomic E-state index is 0.185. The summed E-state index contributed by atoms with van der Waals surface area (Å²) in [4.78, 5) is 34.9. The maximum atomic E-state index is 12.2. The second-order valence-corrected chi connectivity index (χ2v) is 5.03. The largest absolute Gasteiger partial charge is 0.467 e. The van der Waals surface area contributed by atoms with Crippen LogP contribution in [0.5, 0.6) is 0 Å². The van der Waals surface area contributed by atoms with Gasteiger partial charge < -0.3 is 15.4 Å². The Kier molecular flexibility index (Phi) is 7.53. The number of anilines is 1. The molecule has 124 valence electrons. The molecule has 1 atom stereocenters. The SMILES string of the molecule is C=CCCC[C@H](NC(=O)c1ccc(NC(C)=O)cc1)C(=O)OC. The summed E-state index contributed by atoms with van der Waals surface area (Å²) in [5.74, 6) is -1.03. The number of hydrogen-bond donors (Lipinski definition) is 2. The summed E-state index contributed by atoms with van der Waals surface area (Å²) in [5, 5.41) is 5.29. The van der Waals surface area contributed by atoms with Crippen molar-refractivity contribution >= 4 is 23.5 Å². The van der Waals surface area contributed by atoms with Crippen LogP contribution >= 0.6 is 0 Å². The Morgan fingerprint density at radius 3 is 2.43 bits per heavy atom. The van der Waals surface area contributed by atoms with E-state index < -0.39 is 12.0 Å². The lowest BCUT2D eigenvalue weighted by Gasteiger charge is -2.16. The normalized spacial score (nSPS) is 11.2. The van der Waals surface area contributed by atoms with E-state index >= 15 is 0 Å². The highest BCUT2D eigenvalue weighted by Gasteiger charge is 2.21. The van der Waals surface area contributed by atoms with E-state index in [0.29, 0.717) is 17.7 Å². The molecule has 0 aliphatic carbocycles. The first-order valence-electron chi connectivity index (χ1n) is 7.35. The third-order valence-corrected chi connectivity index (χ3v) is 3.16. The zero-order valence-corrected chi connectivity index (χ0v) is 13.4. The highest BCUT2D eigenvalue weighted by molar-refractivity contribution is 5.97. The quantitative estimate of drug-likeness (QED) is 0.437. The molecule has 2 N–H and O–H groups in total. The number of carbonyl (C=O) groups is 3. The first-order valence-corrected chi connectivity index (χ1v) is 7.35. The molecule has 23 heavy (non-hydrogen) atoms. The van der Waals surface area contributed by atoms with Gasteiger partial charge in [-0.2, -0.15) is 0 Å². The summed E-state index contributed by atoms with van der Waals surface area (Å²) < 4.78 is 4.72. The van der Waals surface area contributed by atoms with Gasteiger partial charge in [-0.05, 0) is 43.5 Å². The molecule has 1 aromatic rings. The molecule has 0 aromatic heterocycles. The predicted octanol–water partition coefficient (Wildman–Crippen LogP) is 2.27. The Hall–Kier alpha value is -2.63.